The van der Waals surface area contributed by atoms with Gasteiger partial charge in [0.2, 0.25) is 0 Å². The van der Waals surface area contributed by atoms with Crippen molar-refractivity contribution in [1.29, 1.82) is 10.7 Å². The largest absolute Gasteiger partial charge is 0.392 e. The summed E-state index contributed by atoms with van der Waals surface area (Å²) >= 11 is 12.4. The van der Waals surface area contributed by atoms with E-state index in [2.05, 4.69) is 20.1 Å². The fourth-order valence-electron chi connectivity index (χ4n) is 5.02. The molecule has 0 radical (unpaired) electrons. The quantitative estimate of drug-likeness (QED) is 0.447. The standard InChI is InChI=1S/C25H31Cl2N7O/c1-15(35)11-33-7-3-4-17(12-33)18-13-34(14-18)23-10-30-24(22(29)9-28)25(32-23)31-16(2)20-6-5-19(26)8-21(20)27/h5-6,8,10,15-18,29,35H,3-4,7,11-14H2,1-2H3,(H,31,32)/t15-,16?,17?/m1/s1. The fraction of sp³-hybridized carbons (Fsp3) is 0.520. The zero-order valence-electron chi connectivity index (χ0n) is 20.0. The van der Waals surface area contributed by atoms with Crippen LogP contribution in [0.15, 0.2) is 24.4 Å². The molecule has 1 aromatic carbocycles. The first-order valence-corrected chi connectivity index (χ1v) is 12.7. The molecule has 2 aliphatic rings. The van der Waals surface area contributed by atoms with Gasteiger partial charge in [-0.1, -0.05) is 29.3 Å². The Kier molecular flexibility index (Phi) is 8.12. The number of anilines is 2. The van der Waals surface area contributed by atoms with Crippen LogP contribution in [-0.2, 0) is 0 Å². The molecule has 3 atom stereocenters. The summed E-state index contributed by atoms with van der Waals surface area (Å²) in [6, 6.07) is 6.93. The molecule has 10 heteroatoms. The van der Waals surface area contributed by atoms with Gasteiger partial charge in [-0.25, -0.2) is 9.97 Å². The fourth-order valence-corrected chi connectivity index (χ4v) is 5.59. The number of likely N-dealkylation sites (tertiary alicyclic amines) is 1. The van der Waals surface area contributed by atoms with Crippen molar-refractivity contribution in [3.63, 3.8) is 0 Å². The lowest BCUT2D eigenvalue weighted by Gasteiger charge is -2.47. The van der Waals surface area contributed by atoms with Crippen LogP contribution in [-0.4, -0.2) is 64.5 Å². The lowest BCUT2D eigenvalue weighted by Crippen LogP contribution is -2.54. The van der Waals surface area contributed by atoms with Gasteiger partial charge < -0.3 is 20.2 Å². The van der Waals surface area contributed by atoms with Gasteiger partial charge in [0, 0.05) is 36.2 Å². The summed E-state index contributed by atoms with van der Waals surface area (Å²) in [7, 11) is 0. The van der Waals surface area contributed by atoms with Crippen LogP contribution in [0.2, 0.25) is 10.0 Å². The highest BCUT2D eigenvalue weighted by Gasteiger charge is 2.37. The predicted octanol–water partition coefficient (Wildman–Crippen LogP) is 4.38. The molecule has 3 heterocycles. The number of piperidine rings is 1. The van der Waals surface area contributed by atoms with Gasteiger partial charge >= 0.3 is 0 Å². The maximum atomic E-state index is 9.74. The molecule has 1 aromatic heterocycles. The first kappa shape index (κ1) is 25.6. The van der Waals surface area contributed by atoms with E-state index in [0.717, 1.165) is 50.5 Å². The number of nitrogens with zero attached hydrogens (tertiary/aromatic N) is 5. The summed E-state index contributed by atoms with van der Waals surface area (Å²) in [5, 5.41) is 31.4. The van der Waals surface area contributed by atoms with Crippen LogP contribution in [0.25, 0.3) is 0 Å². The molecule has 2 saturated heterocycles. The number of rotatable bonds is 8. The van der Waals surface area contributed by atoms with E-state index < -0.39 is 0 Å². The lowest BCUT2D eigenvalue weighted by molar-refractivity contribution is 0.0725. The van der Waals surface area contributed by atoms with Crippen molar-refractivity contribution in [1.82, 2.24) is 14.9 Å². The van der Waals surface area contributed by atoms with E-state index in [4.69, 9.17) is 33.6 Å². The van der Waals surface area contributed by atoms with Crippen molar-refractivity contribution in [3.05, 3.63) is 45.7 Å². The number of aliphatic hydroxyl groups excluding tert-OH is 1. The predicted molar refractivity (Wildman–Crippen MR) is 140 cm³/mol. The molecule has 0 amide bonds. The summed E-state index contributed by atoms with van der Waals surface area (Å²) in [6.45, 7) is 8.39. The summed E-state index contributed by atoms with van der Waals surface area (Å²) in [5.41, 5.74) is 0.801. The zero-order chi connectivity index (χ0) is 25.1. The molecule has 8 nitrogen and oxygen atoms in total. The second-order valence-corrected chi connectivity index (χ2v) is 10.5. The van der Waals surface area contributed by atoms with Crippen LogP contribution in [0.3, 0.4) is 0 Å². The SMILES string of the molecule is CC(Nc1nc(N2CC(C3CCCN(C[C@@H](C)O)C3)C2)cnc1C(=N)C#N)c1ccc(Cl)cc1Cl. The van der Waals surface area contributed by atoms with Gasteiger partial charge in [-0.2, -0.15) is 5.26 Å². The number of hydrogen-bond acceptors (Lipinski definition) is 8. The normalized spacial score (nSPS) is 20.6. The number of β-amino-alcohol motifs (C(OH)–C–C–N with tert-alkyl or cyclic N) is 1. The van der Waals surface area contributed by atoms with Crippen molar-refractivity contribution in [3.8, 4) is 6.07 Å². The van der Waals surface area contributed by atoms with Gasteiger partial charge in [0.25, 0.3) is 0 Å². The van der Waals surface area contributed by atoms with Gasteiger partial charge in [0.05, 0.1) is 18.3 Å². The van der Waals surface area contributed by atoms with E-state index in [1.807, 2.05) is 26.0 Å². The number of hydrogen-bond donors (Lipinski definition) is 3. The van der Waals surface area contributed by atoms with Crippen LogP contribution >= 0.6 is 23.2 Å². The molecule has 2 aliphatic heterocycles. The van der Waals surface area contributed by atoms with Gasteiger partial charge in [-0.15, -0.1) is 0 Å². The van der Waals surface area contributed by atoms with Crippen LogP contribution in [0, 0.1) is 28.6 Å². The minimum absolute atomic E-state index is 0.214. The molecule has 0 spiro atoms. The monoisotopic (exact) mass is 515 g/mol. The molecule has 0 bridgehead atoms. The molecule has 0 aliphatic carbocycles. The highest BCUT2D eigenvalue weighted by Crippen LogP contribution is 2.34. The van der Waals surface area contributed by atoms with Crippen molar-refractivity contribution < 1.29 is 5.11 Å². The number of halogens is 2. The number of nitriles is 1. The first-order chi connectivity index (χ1) is 16.7. The van der Waals surface area contributed by atoms with Gasteiger partial charge in [-0.05, 0) is 62.8 Å². The Balaban J connectivity index is 1.47. The van der Waals surface area contributed by atoms with Crippen LogP contribution < -0.4 is 10.2 Å². The molecule has 4 rings (SSSR count). The van der Waals surface area contributed by atoms with Crippen molar-refractivity contribution in [2.24, 2.45) is 11.8 Å². The zero-order valence-corrected chi connectivity index (χ0v) is 21.5. The van der Waals surface area contributed by atoms with Crippen LogP contribution in [0.4, 0.5) is 11.6 Å². The number of benzene rings is 1. The minimum Gasteiger partial charge on any atom is -0.392 e. The molecular weight excluding hydrogens is 485 g/mol. The molecule has 2 fully saturated rings. The molecule has 3 N–H and O–H groups in total. The number of aliphatic hydroxyl groups is 1. The van der Waals surface area contributed by atoms with Crippen molar-refractivity contribution in [2.45, 2.75) is 38.8 Å². The van der Waals surface area contributed by atoms with E-state index in [1.54, 1.807) is 18.3 Å². The second kappa shape index (κ2) is 11.1. The molecule has 2 aromatic rings. The summed E-state index contributed by atoms with van der Waals surface area (Å²) in [4.78, 5) is 13.7. The van der Waals surface area contributed by atoms with Gasteiger partial charge in [0.15, 0.2) is 11.5 Å². The Labute approximate surface area is 216 Å². The smallest absolute Gasteiger partial charge is 0.161 e. The average molecular weight is 516 g/mol. The molecule has 35 heavy (non-hydrogen) atoms. The Morgan fingerprint density at radius 3 is 2.74 bits per heavy atom. The molecule has 2 unspecified atom stereocenters. The summed E-state index contributed by atoms with van der Waals surface area (Å²) in [6.07, 6.45) is 3.72. The van der Waals surface area contributed by atoms with Gasteiger partial charge in [-0.3, -0.25) is 5.41 Å². The van der Waals surface area contributed by atoms with E-state index in [-0.39, 0.29) is 23.6 Å². The maximum absolute atomic E-state index is 9.74. The van der Waals surface area contributed by atoms with E-state index in [1.165, 1.54) is 6.42 Å². The molecule has 0 saturated carbocycles. The average Bonchev–Trinajstić information content (AvgIpc) is 2.77. The number of aromatic nitrogens is 2. The summed E-state index contributed by atoms with van der Waals surface area (Å²) in [5.74, 6) is 2.30. The molecule has 186 valence electrons. The Bertz CT molecular complexity index is 1110. The highest BCUT2D eigenvalue weighted by molar-refractivity contribution is 6.35. The van der Waals surface area contributed by atoms with E-state index in [0.29, 0.717) is 27.7 Å². The maximum Gasteiger partial charge on any atom is 0.161 e. The third kappa shape index (κ3) is 6.04. The Hall–Kier alpha value is -2.44. The van der Waals surface area contributed by atoms with E-state index >= 15 is 0 Å². The Morgan fingerprint density at radius 1 is 1.29 bits per heavy atom. The van der Waals surface area contributed by atoms with Crippen LogP contribution in [0.1, 0.15) is 44.0 Å². The lowest BCUT2D eigenvalue weighted by atomic mass is 9.80. The second-order valence-electron chi connectivity index (χ2n) is 9.62. The van der Waals surface area contributed by atoms with Crippen molar-refractivity contribution in [2.75, 3.05) is 42.9 Å². The topological polar surface area (TPSA) is 112 Å². The first-order valence-electron chi connectivity index (χ1n) is 12.0. The van der Waals surface area contributed by atoms with Crippen molar-refractivity contribution >= 4 is 40.5 Å². The third-order valence-electron chi connectivity index (χ3n) is 6.86. The third-order valence-corrected chi connectivity index (χ3v) is 7.42. The Morgan fingerprint density at radius 2 is 2.06 bits per heavy atom. The molecular formula is C25H31Cl2N7O. The van der Waals surface area contributed by atoms with Gasteiger partial charge in [0.1, 0.15) is 17.6 Å². The van der Waals surface area contributed by atoms with Crippen LogP contribution in [0.5, 0.6) is 0 Å². The highest BCUT2D eigenvalue weighted by atomic mass is 35.5. The minimum atomic E-state index is -0.302. The summed E-state index contributed by atoms with van der Waals surface area (Å²) < 4.78 is 0. The van der Waals surface area contributed by atoms with E-state index in [9.17, 15) is 10.4 Å². The number of nitrogens with one attached hydrogen (secondary N) is 2.